The van der Waals surface area contributed by atoms with E-state index < -0.39 is 27.9 Å². The summed E-state index contributed by atoms with van der Waals surface area (Å²) in [6.07, 6.45) is 1.86. The molecule has 7 nitrogen and oxygen atoms in total. The Labute approximate surface area is 185 Å². The van der Waals surface area contributed by atoms with Crippen LogP contribution in [0.3, 0.4) is 0 Å². The topological polar surface area (TPSA) is 102 Å². The molecule has 162 valence electrons. The van der Waals surface area contributed by atoms with E-state index in [9.17, 15) is 18.0 Å². The van der Waals surface area contributed by atoms with Crippen LogP contribution in [0.15, 0.2) is 57.9 Å². The number of hydrogen-bond acceptors (Lipinski definition) is 5. The number of esters is 1. The van der Waals surface area contributed by atoms with Crippen molar-refractivity contribution < 1.29 is 22.7 Å². The number of benzene rings is 2. The molecule has 0 aliphatic heterocycles. The third-order valence-electron chi connectivity index (χ3n) is 4.25. The predicted molar refractivity (Wildman–Crippen MR) is 119 cm³/mol. The van der Waals surface area contributed by atoms with E-state index in [1.54, 1.807) is 43.3 Å². The monoisotopic (exact) mass is 496 g/mol. The number of carbonyl (C=O) groups excluding carboxylic acids is 2. The van der Waals surface area contributed by atoms with Crippen LogP contribution < -0.4 is 10.0 Å². The van der Waals surface area contributed by atoms with Gasteiger partial charge < -0.3 is 10.1 Å². The lowest BCUT2D eigenvalue weighted by molar-refractivity contribution is -0.117. The highest BCUT2D eigenvalue weighted by Gasteiger charge is 2.25. The molecule has 0 aliphatic rings. The zero-order chi connectivity index (χ0) is 22.1. The molecule has 1 amide bonds. The summed E-state index contributed by atoms with van der Waals surface area (Å²) in [6.45, 7) is 3.96. The molecule has 0 aromatic heterocycles. The molecule has 0 spiro atoms. The van der Waals surface area contributed by atoms with Crippen molar-refractivity contribution in [3.8, 4) is 0 Å². The van der Waals surface area contributed by atoms with Gasteiger partial charge >= 0.3 is 5.97 Å². The number of anilines is 1. The van der Waals surface area contributed by atoms with Crippen LogP contribution in [-0.2, 0) is 19.6 Å². The summed E-state index contributed by atoms with van der Waals surface area (Å²) in [5.41, 5.74) is 0.825. The lowest BCUT2D eigenvalue weighted by atomic mass is 10.1. The van der Waals surface area contributed by atoms with Crippen molar-refractivity contribution in [1.29, 1.82) is 0 Å². The van der Waals surface area contributed by atoms with Gasteiger partial charge in [-0.3, -0.25) is 4.79 Å². The van der Waals surface area contributed by atoms with Gasteiger partial charge in [0, 0.05) is 10.2 Å². The van der Waals surface area contributed by atoms with Gasteiger partial charge in [-0.2, -0.15) is 4.72 Å². The summed E-state index contributed by atoms with van der Waals surface area (Å²) in [5.74, 6) is -0.911. The summed E-state index contributed by atoms with van der Waals surface area (Å²) < 4.78 is 33.6. The van der Waals surface area contributed by atoms with Gasteiger partial charge in [-0.25, -0.2) is 13.2 Å². The van der Waals surface area contributed by atoms with E-state index in [0.29, 0.717) is 24.1 Å². The van der Waals surface area contributed by atoms with Crippen molar-refractivity contribution in [2.75, 3.05) is 11.9 Å². The van der Waals surface area contributed by atoms with Crippen LogP contribution in [0.4, 0.5) is 5.69 Å². The zero-order valence-corrected chi connectivity index (χ0v) is 19.3. The zero-order valence-electron chi connectivity index (χ0n) is 16.9. The number of halogens is 1. The maximum Gasteiger partial charge on any atom is 0.338 e. The second kappa shape index (κ2) is 11.2. The van der Waals surface area contributed by atoms with E-state index in [1.165, 1.54) is 12.1 Å². The fourth-order valence-electron chi connectivity index (χ4n) is 2.65. The standard InChI is InChI=1S/C21H25BrN2O5S/c1-3-5-6-19(24-30(27,28)18-13-9-16(22)10-14-18)20(25)23-17-11-7-15(8-12-17)21(26)29-4-2/h7-14,19,24H,3-6H2,1-2H3,(H,23,25)/t19-/m0/s1. The lowest BCUT2D eigenvalue weighted by Crippen LogP contribution is -2.43. The molecule has 0 heterocycles. The molecule has 2 rings (SSSR count). The van der Waals surface area contributed by atoms with Crippen molar-refractivity contribution in [3.63, 3.8) is 0 Å². The molecular weight excluding hydrogens is 472 g/mol. The molecule has 2 aromatic carbocycles. The molecule has 0 unspecified atom stereocenters. The smallest absolute Gasteiger partial charge is 0.338 e. The van der Waals surface area contributed by atoms with Crippen molar-refractivity contribution >= 4 is 43.5 Å². The van der Waals surface area contributed by atoms with Gasteiger partial charge in [0.2, 0.25) is 15.9 Å². The fourth-order valence-corrected chi connectivity index (χ4v) is 4.15. The Hall–Kier alpha value is -2.23. The number of amides is 1. The molecule has 0 saturated carbocycles. The molecule has 0 fully saturated rings. The first-order chi connectivity index (χ1) is 14.3. The Bertz CT molecular complexity index is 960. The van der Waals surface area contributed by atoms with Crippen LogP contribution in [0.25, 0.3) is 0 Å². The van der Waals surface area contributed by atoms with Crippen molar-refractivity contribution in [2.45, 2.75) is 44.0 Å². The Morgan fingerprint density at radius 2 is 1.67 bits per heavy atom. The molecule has 0 bridgehead atoms. The van der Waals surface area contributed by atoms with Crippen LogP contribution >= 0.6 is 15.9 Å². The van der Waals surface area contributed by atoms with E-state index in [-0.39, 0.29) is 11.5 Å². The quantitative estimate of drug-likeness (QED) is 0.482. The average Bonchev–Trinajstić information content (AvgIpc) is 2.72. The second-order valence-corrected chi connectivity index (χ2v) is 9.19. The van der Waals surface area contributed by atoms with Gasteiger partial charge in [0.25, 0.3) is 0 Å². The molecule has 2 N–H and O–H groups in total. The largest absolute Gasteiger partial charge is 0.462 e. The van der Waals surface area contributed by atoms with Gasteiger partial charge in [-0.15, -0.1) is 0 Å². The molecule has 0 radical (unpaired) electrons. The molecule has 30 heavy (non-hydrogen) atoms. The van der Waals surface area contributed by atoms with Crippen LogP contribution in [0.1, 0.15) is 43.5 Å². The minimum absolute atomic E-state index is 0.0822. The maximum atomic E-state index is 12.8. The normalized spacial score (nSPS) is 12.2. The summed E-state index contributed by atoms with van der Waals surface area (Å²) in [5, 5.41) is 2.71. The van der Waals surface area contributed by atoms with Crippen molar-refractivity contribution in [1.82, 2.24) is 4.72 Å². The highest BCUT2D eigenvalue weighted by atomic mass is 79.9. The summed E-state index contributed by atoms with van der Waals surface area (Å²) in [6, 6.07) is 11.5. The lowest BCUT2D eigenvalue weighted by Gasteiger charge is -2.18. The van der Waals surface area contributed by atoms with Gasteiger partial charge in [0.1, 0.15) is 6.04 Å². The SMILES string of the molecule is CCCC[C@H](NS(=O)(=O)c1ccc(Br)cc1)C(=O)Nc1ccc(C(=O)OCC)cc1. The first kappa shape index (κ1) is 24.0. The minimum atomic E-state index is -3.86. The third-order valence-corrected chi connectivity index (χ3v) is 6.26. The second-order valence-electron chi connectivity index (χ2n) is 6.56. The Morgan fingerprint density at radius 1 is 1.03 bits per heavy atom. The molecule has 2 aromatic rings. The highest BCUT2D eigenvalue weighted by Crippen LogP contribution is 2.17. The number of sulfonamides is 1. The molecule has 9 heteroatoms. The van der Waals surface area contributed by atoms with Gasteiger partial charge in [0.05, 0.1) is 17.1 Å². The van der Waals surface area contributed by atoms with E-state index in [4.69, 9.17) is 4.74 Å². The van der Waals surface area contributed by atoms with E-state index >= 15 is 0 Å². The van der Waals surface area contributed by atoms with Gasteiger partial charge in [0.15, 0.2) is 0 Å². The van der Waals surface area contributed by atoms with Crippen molar-refractivity contribution in [3.05, 3.63) is 58.6 Å². The van der Waals surface area contributed by atoms with Crippen LogP contribution in [0.5, 0.6) is 0 Å². The Balaban J connectivity index is 2.13. The summed E-state index contributed by atoms with van der Waals surface area (Å²) in [4.78, 5) is 24.6. The Kier molecular flexibility index (Phi) is 9.01. The van der Waals surface area contributed by atoms with E-state index in [2.05, 4.69) is 26.0 Å². The van der Waals surface area contributed by atoms with Gasteiger partial charge in [-0.05, 0) is 61.9 Å². The third kappa shape index (κ3) is 6.93. The number of unbranched alkanes of at least 4 members (excludes halogenated alkanes) is 1. The van der Waals surface area contributed by atoms with Crippen molar-refractivity contribution in [2.24, 2.45) is 0 Å². The molecule has 0 saturated heterocycles. The van der Waals surface area contributed by atoms with E-state index in [0.717, 1.165) is 10.9 Å². The number of hydrogen-bond donors (Lipinski definition) is 2. The summed E-state index contributed by atoms with van der Waals surface area (Å²) in [7, 11) is -3.86. The number of nitrogens with one attached hydrogen (secondary N) is 2. The predicted octanol–water partition coefficient (Wildman–Crippen LogP) is 4.10. The van der Waals surface area contributed by atoms with Crippen LogP contribution in [-0.4, -0.2) is 32.9 Å². The number of ether oxygens (including phenoxy) is 1. The first-order valence-corrected chi connectivity index (χ1v) is 11.9. The maximum absolute atomic E-state index is 12.8. The first-order valence-electron chi connectivity index (χ1n) is 9.62. The summed E-state index contributed by atoms with van der Waals surface area (Å²) >= 11 is 3.27. The number of rotatable bonds is 10. The van der Waals surface area contributed by atoms with E-state index in [1.807, 2.05) is 6.92 Å². The van der Waals surface area contributed by atoms with Gasteiger partial charge in [-0.1, -0.05) is 35.7 Å². The highest BCUT2D eigenvalue weighted by molar-refractivity contribution is 9.10. The molecule has 1 atom stereocenters. The average molecular weight is 497 g/mol. The molecule has 0 aliphatic carbocycles. The Morgan fingerprint density at radius 3 is 2.23 bits per heavy atom. The number of carbonyl (C=O) groups is 2. The minimum Gasteiger partial charge on any atom is -0.462 e. The van der Waals surface area contributed by atoms with Crippen LogP contribution in [0.2, 0.25) is 0 Å². The molecular formula is C21H25BrN2O5S. The fraction of sp³-hybridized carbons (Fsp3) is 0.333. The van der Waals surface area contributed by atoms with Crippen LogP contribution in [0, 0.1) is 0 Å².